The first-order valence-electron chi connectivity index (χ1n) is 5.96. The van der Waals surface area contributed by atoms with Crippen LogP contribution in [0.3, 0.4) is 0 Å². The van der Waals surface area contributed by atoms with Crippen LogP contribution in [0.15, 0.2) is 29.4 Å². The Morgan fingerprint density at radius 2 is 2.25 bits per heavy atom. The number of nitrogens with zero attached hydrogens (tertiary/aromatic N) is 4. The zero-order valence-electron chi connectivity index (χ0n) is 11.2. The summed E-state index contributed by atoms with van der Waals surface area (Å²) in [5.41, 5.74) is 6.20. The minimum absolute atomic E-state index is 0.0485. The second-order valence-electron chi connectivity index (χ2n) is 4.55. The van der Waals surface area contributed by atoms with Crippen molar-refractivity contribution in [1.82, 2.24) is 13.7 Å². The predicted molar refractivity (Wildman–Crippen MR) is 74.2 cm³/mol. The van der Waals surface area contributed by atoms with Crippen molar-refractivity contribution in [3.63, 3.8) is 0 Å². The molecule has 1 unspecified atom stereocenters. The number of sulfonamides is 1. The number of anilines is 1. The molecule has 2 heterocycles. The first-order valence-corrected chi connectivity index (χ1v) is 7.40. The Bertz CT molecular complexity index is 775. The molecule has 0 aliphatic carbocycles. The highest BCUT2D eigenvalue weighted by Crippen LogP contribution is 2.23. The van der Waals surface area contributed by atoms with E-state index in [4.69, 9.17) is 11.0 Å². The van der Waals surface area contributed by atoms with Crippen LogP contribution in [0.5, 0.6) is 0 Å². The number of nitriles is 1. The standard InChI is InChI=1S/C12H15N5O2S/c1-9(7-13)8-16(2)20(18,19)12-11(14)15-10-5-3-4-6-17(10)12/h3-6,9H,8,14H2,1-2H3. The van der Waals surface area contributed by atoms with Crippen molar-refractivity contribution in [3.05, 3.63) is 24.4 Å². The summed E-state index contributed by atoms with van der Waals surface area (Å²) in [6.07, 6.45) is 1.59. The van der Waals surface area contributed by atoms with Crippen LogP contribution in [0.4, 0.5) is 5.82 Å². The van der Waals surface area contributed by atoms with E-state index < -0.39 is 15.9 Å². The number of hydrogen-bond acceptors (Lipinski definition) is 5. The van der Waals surface area contributed by atoms with E-state index in [0.29, 0.717) is 5.65 Å². The fraction of sp³-hybridized carbons (Fsp3) is 0.333. The van der Waals surface area contributed by atoms with Crippen molar-refractivity contribution in [2.24, 2.45) is 5.92 Å². The van der Waals surface area contributed by atoms with Crippen LogP contribution >= 0.6 is 0 Å². The number of rotatable bonds is 4. The number of hydrogen-bond donors (Lipinski definition) is 1. The van der Waals surface area contributed by atoms with E-state index in [2.05, 4.69) is 4.98 Å². The molecular weight excluding hydrogens is 278 g/mol. The summed E-state index contributed by atoms with van der Waals surface area (Å²) in [6, 6.07) is 7.13. The minimum Gasteiger partial charge on any atom is -0.381 e. The molecule has 20 heavy (non-hydrogen) atoms. The van der Waals surface area contributed by atoms with Crippen LogP contribution in [0, 0.1) is 17.2 Å². The third-order valence-corrected chi connectivity index (χ3v) is 4.78. The summed E-state index contributed by atoms with van der Waals surface area (Å²) in [4.78, 5) is 4.03. The fourth-order valence-electron chi connectivity index (χ4n) is 1.92. The summed E-state index contributed by atoms with van der Waals surface area (Å²) in [7, 11) is -2.38. The van der Waals surface area contributed by atoms with Gasteiger partial charge in [0, 0.05) is 19.8 Å². The lowest BCUT2D eigenvalue weighted by molar-refractivity contribution is 0.437. The van der Waals surface area contributed by atoms with Crippen molar-refractivity contribution < 1.29 is 8.42 Å². The van der Waals surface area contributed by atoms with Gasteiger partial charge in [-0.15, -0.1) is 0 Å². The van der Waals surface area contributed by atoms with Gasteiger partial charge in [0.15, 0.2) is 10.8 Å². The van der Waals surface area contributed by atoms with Gasteiger partial charge in [0.25, 0.3) is 10.0 Å². The zero-order valence-corrected chi connectivity index (χ0v) is 12.0. The molecule has 0 fully saturated rings. The molecule has 106 valence electrons. The van der Waals surface area contributed by atoms with E-state index in [1.807, 2.05) is 6.07 Å². The lowest BCUT2D eigenvalue weighted by atomic mass is 10.2. The first kappa shape index (κ1) is 14.3. The quantitative estimate of drug-likeness (QED) is 0.893. The molecule has 7 nitrogen and oxygen atoms in total. The van der Waals surface area contributed by atoms with Gasteiger partial charge < -0.3 is 5.73 Å². The second-order valence-corrected chi connectivity index (χ2v) is 6.51. The van der Waals surface area contributed by atoms with Crippen molar-refractivity contribution in [1.29, 1.82) is 5.26 Å². The van der Waals surface area contributed by atoms with Gasteiger partial charge in [-0.2, -0.15) is 9.57 Å². The smallest absolute Gasteiger partial charge is 0.262 e. The van der Waals surface area contributed by atoms with Crippen molar-refractivity contribution >= 4 is 21.5 Å². The summed E-state index contributed by atoms with van der Waals surface area (Å²) in [6.45, 7) is 1.75. The Hall–Kier alpha value is -2.11. The van der Waals surface area contributed by atoms with Crippen LogP contribution < -0.4 is 5.73 Å². The fourth-order valence-corrected chi connectivity index (χ4v) is 3.35. The van der Waals surface area contributed by atoms with Gasteiger partial charge in [-0.3, -0.25) is 4.40 Å². The Labute approximate surface area is 117 Å². The van der Waals surface area contributed by atoms with Crippen LogP contribution in [0.1, 0.15) is 6.92 Å². The summed E-state index contributed by atoms with van der Waals surface area (Å²) < 4.78 is 27.7. The number of imidazole rings is 1. The van der Waals surface area contributed by atoms with Crippen LogP contribution in [0.25, 0.3) is 5.65 Å². The molecule has 8 heteroatoms. The third-order valence-electron chi connectivity index (χ3n) is 2.92. The average molecular weight is 293 g/mol. The Morgan fingerprint density at radius 3 is 2.90 bits per heavy atom. The molecule has 0 saturated carbocycles. The van der Waals surface area contributed by atoms with E-state index >= 15 is 0 Å². The molecule has 0 bridgehead atoms. The lowest BCUT2D eigenvalue weighted by Gasteiger charge is -2.18. The molecule has 2 aromatic heterocycles. The molecule has 1 atom stereocenters. The van der Waals surface area contributed by atoms with Gasteiger partial charge >= 0.3 is 0 Å². The monoisotopic (exact) mass is 293 g/mol. The van der Waals surface area contributed by atoms with Gasteiger partial charge in [0.1, 0.15) is 5.65 Å². The van der Waals surface area contributed by atoms with Crippen molar-refractivity contribution in [2.45, 2.75) is 11.9 Å². The van der Waals surface area contributed by atoms with E-state index in [-0.39, 0.29) is 17.4 Å². The molecule has 0 aliphatic rings. The zero-order chi connectivity index (χ0) is 14.9. The van der Waals surface area contributed by atoms with Crippen molar-refractivity contribution in [2.75, 3.05) is 19.3 Å². The number of nitrogens with two attached hydrogens (primary N) is 1. The summed E-state index contributed by atoms with van der Waals surface area (Å²) in [5.74, 6) is -0.456. The molecule has 2 aromatic rings. The SMILES string of the molecule is CC(C#N)CN(C)S(=O)(=O)c1c(N)nc2ccccn12. The molecule has 0 spiro atoms. The maximum absolute atomic E-state index is 12.6. The van der Waals surface area contributed by atoms with Gasteiger partial charge in [0.2, 0.25) is 0 Å². The number of pyridine rings is 1. The van der Waals surface area contributed by atoms with Crippen LogP contribution in [-0.2, 0) is 10.0 Å². The van der Waals surface area contributed by atoms with E-state index in [1.165, 1.54) is 11.4 Å². The number of aromatic nitrogens is 2. The van der Waals surface area contributed by atoms with Crippen LogP contribution in [0.2, 0.25) is 0 Å². The number of nitrogen functional groups attached to an aromatic ring is 1. The maximum atomic E-state index is 12.6. The van der Waals surface area contributed by atoms with E-state index in [0.717, 1.165) is 4.31 Å². The molecule has 2 rings (SSSR count). The predicted octanol–water partition coefficient (Wildman–Crippen LogP) is 0.697. The normalized spacial score (nSPS) is 13.5. The maximum Gasteiger partial charge on any atom is 0.262 e. The molecule has 0 aliphatic heterocycles. The largest absolute Gasteiger partial charge is 0.381 e. The summed E-state index contributed by atoms with van der Waals surface area (Å²) in [5, 5.41) is 8.72. The van der Waals surface area contributed by atoms with E-state index in [9.17, 15) is 8.42 Å². The van der Waals surface area contributed by atoms with E-state index in [1.54, 1.807) is 31.3 Å². The highest BCUT2D eigenvalue weighted by atomic mass is 32.2. The van der Waals surface area contributed by atoms with Crippen LogP contribution in [-0.4, -0.2) is 35.7 Å². The Kier molecular flexibility index (Phi) is 3.65. The Morgan fingerprint density at radius 1 is 1.55 bits per heavy atom. The minimum atomic E-state index is -3.80. The summed E-state index contributed by atoms with van der Waals surface area (Å²) >= 11 is 0. The molecular formula is C12H15N5O2S. The second kappa shape index (κ2) is 5.11. The molecule has 2 N–H and O–H groups in total. The van der Waals surface area contributed by atoms with Gasteiger partial charge in [-0.1, -0.05) is 6.07 Å². The Balaban J connectivity index is 2.52. The van der Waals surface area contributed by atoms with Gasteiger partial charge in [-0.05, 0) is 19.1 Å². The molecule has 0 radical (unpaired) electrons. The topological polar surface area (TPSA) is 104 Å². The highest BCUT2D eigenvalue weighted by Gasteiger charge is 2.29. The molecule has 0 amide bonds. The first-order chi connectivity index (χ1) is 9.37. The van der Waals surface area contributed by atoms with Gasteiger partial charge in [-0.25, -0.2) is 13.4 Å². The number of fused-ring (bicyclic) bond motifs is 1. The van der Waals surface area contributed by atoms with Gasteiger partial charge in [0.05, 0.1) is 12.0 Å². The van der Waals surface area contributed by atoms with Crippen molar-refractivity contribution in [3.8, 4) is 6.07 Å². The average Bonchev–Trinajstić information content (AvgIpc) is 2.74. The third kappa shape index (κ3) is 2.33. The molecule has 0 saturated heterocycles. The lowest BCUT2D eigenvalue weighted by Crippen LogP contribution is -2.32. The highest BCUT2D eigenvalue weighted by molar-refractivity contribution is 7.89. The molecule has 0 aromatic carbocycles.